The maximum atomic E-state index is 6.18. The molecule has 4 nitrogen and oxygen atoms in total. The molecule has 0 spiro atoms. The van der Waals surface area contributed by atoms with Crippen LogP contribution in [0.15, 0.2) is 12.3 Å². The summed E-state index contributed by atoms with van der Waals surface area (Å²) in [6.07, 6.45) is 32.2. The third-order valence-corrected chi connectivity index (χ3v) is 6.54. The number of hydrogen-bond donors (Lipinski definition) is 0. The first-order chi connectivity index (χ1) is 17.3. The second-order valence-corrected chi connectivity index (χ2v) is 10.1. The van der Waals surface area contributed by atoms with Crippen LogP contribution in [-0.4, -0.2) is 33.4 Å². The quantitative estimate of drug-likeness (QED) is 0.0560. The molecule has 0 aromatic rings. The summed E-state index contributed by atoms with van der Waals surface area (Å²) in [5.74, 6) is 0. The Labute approximate surface area is 219 Å². The molecule has 0 aliphatic rings. The van der Waals surface area contributed by atoms with Crippen LogP contribution in [0.3, 0.4) is 0 Å². The highest BCUT2D eigenvalue weighted by Crippen LogP contribution is 2.15. The van der Waals surface area contributed by atoms with Crippen molar-refractivity contribution in [1.82, 2.24) is 0 Å². The molecule has 210 valence electrons. The molecular weight excluding hydrogens is 436 g/mol. The number of rotatable bonds is 30. The van der Waals surface area contributed by atoms with Crippen LogP contribution in [0.1, 0.15) is 155 Å². The molecule has 0 amide bonds. The average Bonchev–Trinajstić information content (AvgIpc) is 2.87. The summed E-state index contributed by atoms with van der Waals surface area (Å²) >= 11 is 0. The smallest absolute Gasteiger partial charge is 0.187 e. The van der Waals surface area contributed by atoms with Gasteiger partial charge in [0, 0.05) is 20.3 Å². The van der Waals surface area contributed by atoms with Gasteiger partial charge in [-0.25, -0.2) is 0 Å². The van der Waals surface area contributed by atoms with Crippen molar-refractivity contribution in [3.05, 3.63) is 12.3 Å². The van der Waals surface area contributed by atoms with Gasteiger partial charge >= 0.3 is 0 Å². The van der Waals surface area contributed by atoms with Crippen LogP contribution in [0, 0.1) is 0 Å². The fourth-order valence-corrected chi connectivity index (χ4v) is 4.29. The molecule has 0 aromatic carbocycles. The van der Waals surface area contributed by atoms with E-state index in [0.29, 0.717) is 6.79 Å². The second-order valence-electron chi connectivity index (χ2n) is 10.1. The Morgan fingerprint density at radius 2 is 1.00 bits per heavy atom. The van der Waals surface area contributed by atoms with Gasteiger partial charge in [0.25, 0.3) is 0 Å². The Morgan fingerprint density at radius 1 is 0.543 bits per heavy atom. The lowest BCUT2D eigenvalue weighted by Crippen LogP contribution is -2.19. The van der Waals surface area contributed by atoms with E-state index in [4.69, 9.17) is 18.9 Å². The SMILES string of the molecule is CCCCCCCCCOC(CCCCCCCCC=COCOC)OCCCCCCCCC. The molecule has 0 aromatic heterocycles. The Morgan fingerprint density at radius 3 is 1.51 bits per heavy atom. The summed E-state index contributed by atoms with van der Waals surface area (Å²) in [6.45, 7) is 6.61. The largest absolute Gasteiger partial charge is 0.476 e. The van der Waals surface area contributed by atoms with Gasteiger partial charge in [0.05, 0.1) is 6.26 Å². The summed E-state index contributed by atoms with van der Waals surface area (Å²) in [5, 5.41) is 0. The Bertz CT molecular complexity index is 379. The molecule has 0 bridgehead atoms. The zero-order chi connectivity index (χ0) is 25.5. The van der Waals surface area contributed by atoms with Crippen LogP contribution in [0.4, 0.5) is 0 Å². The number of hydrogen-bond acceptors (Lipinski definition) is 4. The number of allylic oxidation sites excluding steroid dienone is 1. The fraction of sp³-hybridized carbons (Fsp3) is 0.935. The van der Waals surface area contributed by atoms with Gasteiger partial charge in [-0.1, -0.05) is 117 Å². The zero-order valence-corrected chi connectivity index (χ0v) is 24.0. The van der Waals surface area contributed by atoms with E-state index in [0.717, 1.165) is 26.1 Å². The molecule has 4 heteroatoms. The molecule has 0 heterocycles. The predicted octanol–water partition coefficient (Wildman–Crippen LogP) is 10.1. The van der Waals surface area contributed by atoms with Crippen LogP contribution in [0.5, 0.6) is 0 Å². The van der Waals surface area contributed by atoms with Crippen molar-refractivity contribution < 1.29 is 18.9 Å². The van der Waals surface area contributed by atoms with Crippen molar-refractivity contribution in [2.45, 2.75) is 161 Å². The van der Waals surface area contributed by atoms with Gasteiger partial charge < -0.3 is 18.9 Å². The maximum Gasteiger partial charge on any atom is 0.187 e. The van der Waals surface area contributed by atoms with Crippen molar-refractivity contribution >= 4 is 0 Å². The van der Waals surface area contributed by atoms with Gasteiger partial charge in [-0.3, -0.25) is 0 Å². The van der Waals surface area contributed by atoms with Gasteiger partial charge in [0.15, 0.2) is 13.1 Å². The maximum absolute atomic E-state index is 6.18. The highest BCUT2D eigenvalue weighted by molar-refractivity contribution is 4.72. The normalized spacial score (nSPS) is 11.8. The van der Waals surface area contributed by atoms with Crippen molar-refractivity contribution in [2.75, 3.05) is 27.1 Å². The summed E-state index contributed by atoms with van der Waals surface area (Å²) in [6, 6.07) is 0. The molecule has 0 aliphatic carbocycles. The minimum absolute atomic E-state index is 0.00687. The molecule has 0 unspecified atom stereocenters. The Kier molecular flexibility index (Phi) is 30.9. The van der Waals surface area contributed by atoms with E-state index in [1.807, 2.05) is 0 Å². The number of ether oxygens (including phenoxy) is 4. The van der Waals surface area contributed by atoms with Crippen molar-refractivity contribution in [1.29, 1.82) is 0 Å². The molecule has 0 atom stereocenters. The summed E-state index contributed by atoms with van der Waals surface area (Å²) in [5.41, 5.74) is 0. The first kappa shape index (κ1) is 34.4. The van der Waals surface area contributed by atoms with Crippen LogP contribution in [0.2, 0.25) is 0 Å². The highest BCUT2D eigenvalue weighted by Gasteiger charge is 2.09. The topological polar surface area (TPSA) is 36.9 Å². The van der Waals surface area contributed by atoms with Gasteiger partial charge in [-0.15, -0.1) is 0 Å². The molecule has 35 heavy (non-hydrogen) atoms. The van der Waals surface area contributed by atoms with Crippen LogP contribution in [0.25, 0.3) is 0 Å². The monoisotopic (exact) mass is 498 g/mol. The Balaban J connectivity index is 3.86. The third-order valence-electron chi connectivity index (χ3n) is 6.54. The lowest BCUT2D eigenvalue weighted by atomic mass is 10.1. The summed E-state index contributed by atoms with van der Waals surface area (Å²) in [4.78, 5) is 0. The van der Waals surface area contributed by atoms with Gasteiger partial charge in [-0.2, -0.15) is 0 Å². The van der Waals surface area contributed by atoms with Crippen LogP contribution >= 0.6 is 0 Å². The van der Waals surface area contributed by atoms with Gasteiger partial charge in [-0.05, 0) is 44.6 Å². The molecule has 0 fully saturated rings. The predicted molar refractivity (Wildman–Crippen MR) is 151 cm³/mol. The lowest BCUT2D eigenvalue weighted by Gasteiger charge is -2.19. The number of unbranched alkanes of at least 4 members (excludes halogenated alkanes) is 18. The van der Waals surface area contributed by atoms with Crippen molar-refractivity contribution in [2.24, 2.45) is 0 Å². The van der Waals surface area contributed by atoms with Gasteiger partial charge in [0.2, 0.25) is 0 Å². The standard InChI is InChI=1S/C31H62O4/c1-4-6-8-10-15-20-24-28-34-31(35-29-25-21-16-11-9-7-5-2)26-22-18-14-12-13-17-19-23-27-33-30-32-3/h23,27,31H,4-22,24-26,28-30H2,1-3H3. The van der Waals surface area contributed by atoms with E-state index in [1.165, 1.54) is 128 Å². The molecule has 0 saturated carbocycles. The molecular formula is C31H62O4. The minimum atomic E-state index is 0.00687. The summed E-state index contributed by atoms with van der Waals surface area (Å²) in [7, 11) is 1.64. The van der Waals surface area contributed by atoms with Crippen LogP contribution in [-0.2, 0) is 18.9 Å². The second kappa shape index (κ2) is 31.4. The zero-order valence-electron chi connectivity index (χ0n) is 24.0. The highest BCUT2D eigenvalue weighted by atomic mass is 16.7. The molecule has 0 rings (SSSR count). The summed E-state index contributed by atoms with van der Waals surface area (Å²) < 4.78 is 22.4. The van der Waals surface area contributed by atoms with E-state index in [1.54, 1.807) is 13.4 Å². The molecule has 0 aliphatic heterocycles. The van der Waals surface area contributed by atoms with E-state index in [9.17, 15) is 0 Å². The van der Waals surface area contributed by atoms with E-state index >= 15 is 0 Å². The van der Waals surface area contributed by atoms with E-state index in [-0.39, 0.29) is 6.29 Å². The van der Waals surface area contributed by atoms with E-state index in [2.05, 4.69) is 19.9 Å². The van der Waals surface area contributed by atoms with Crippen molar-refractivity contribution in [3.63, 3.8) is 0 Å². The molecule has 0 saturated heterocycles. The molecule has 0 N–H and O–H groups in total. The average molecular weight is 499 g/mol. The van der Waals surface area contributed by atoms with Crippen LogP contribution < -0.4 is 0 Å². The van der Waals surface area contributed by atoms with Gasteiger partial charge in [0.1, 0.15) is 0 Å². The first-order valence-corrected chi connectivity index (χ1v) is 15.3. The third kappa shape index (κ3) is 29.5. The van der Waals surface area contributed by atoms with Crippen molar-refractivity contribution in [3.8, 4) is 0 Å². The minimum Gasteiger partial charge on any atom is -0.476 e. The molecule has 0 radical (unpaired) electrons. The first-order valence-electron chi connectivity index (χ1n) is 15.3. The lowest BCUT2D eigenvalue weighted by molar-refractivity contribution is -0.148. The Hall–Kier alpha value is -0.580. The number of methoxy groups -OCH3 is 1. The van der Waals surface area contributed by atoms with E-state index < -0.39 is 0 Å². The fourth-order valence-electron chi connectivity index (χ4n) is 4.29.